The topological polar surface area (TPSA) is 151 Å². The SMILES string of the molecule is [B]C1([B])C(C(=O)Nc2ccc(CNC(=O)c3ccc(N4CCN(C(=O)CCSSc5ccc([N+](=O)[O-])cn5)CC4)cc3)c(F)c2)C1c1cccnc1. The molecule has 2 N–H and O–H groups in total. The van der Waals surface area contributed by atoms with E-state index < -0.39 is 33.7 Å². The minimum Gasteiger partial charge on any atom is -0.368 e. The maximum Gasteiger partial charge on any atom is 0.287 e. The fourth-order valence-electron chi connectivity index (χ4n) is 6.07. The molecule has 12 nitrogen and oxygen atoms in total. The molecule has 3 heterocycles. The van der Waals surface area contributed by atoms with Crippen LogP contribution in [-0.4, -0.2) is 85.1 Å². The van der Waals surface area contributed by atoms with Gasteiger partial charge < -0.3 is 20.4 Å². The molecule has 3 amide bonds. The molecule has 6 rings (SSSR count). The number of carbonyl (C=O) groups excluding carboxylic acids is 3. The average molecular weight is 735 g/mol. The maximum atomic E-state index is 15.0. The van der Waals surface area contributed by atoms with Gasteiger partial charge in [0.15, 0.2) is 0 Å². The first-order valence-corrected chi connectivity index (χ1v) is 18.7. The molecule has 4 radical (unpaired) electrons. The molecule has 2 aromatic heterocycles. The zero-order chi connectivity index (χ0) is 36.8. The molecule has 0 bridgehead atoms. The van der Waals surface area contributed by atoms with Gasteiger partial charge in [-0.25, -0.2) is 9.37 Å². The molecular formula is C35H32B2FN7O5S2. The van der Waals surface area contributed by atoms with Crippen LogP contribution in [-0.2, 0) is 16.1 Å². The van der Waals surface area contributed by atoms with E-state index in [9.17, 15) is 28.9 Å². The number of piperazine rings is 1. The number of aromatic nitrogens is 2. The highest BCUT2D eigenvalue weighted by Gasteiger charge is 2.60. The lowest BCUT2D eigenvalue weighted by molar-refractivity contribution is -0.385. The van der Waals surface area contributed by atoms with Crippen LogP contribution in [0.4, 0.5) is 21.5 Å². The van der Waals surface area contributed by atoms with Crippen molar-refractivity contribution < 1.29 is 23.7 Å². The van der Waals surface area contributed by atoms with Crippen LogP contribution in [0.25, 0.3) is 0 Å². The molecule has 17 heteroatoms. The summed E-state index contributed by atoms with van der Waals surface area (Å²) in [5.74, 6) is -1.82. The van der Waals surface area contributed by atoms with E-state index in [0.29, 0.717) is 48.9 Å². The molecule has 1 aliphatic carbocycles. The van der Waals surface area contributed by atoms with E-state index in [2.05, 4.69) is 25.5 Å². The molecule has 2 atom stereocenters. The van der Waals surface area contributed by atoms with Gasteiger partial charge in [0.1, 0.15) is 17.0 Å². The Labute approximate surface area is 310 Å². The van der Waals surface area contributed by atoms with Crippen molar-refractivity contribution in [2.75, 3.05) is 42.1 Å². The summed E-state index contributed by atoms with van der Waals surface area (Å²) >= 11 is 0. The van der Waals surface area contributed by atoms with Crippen molar-refractivity contribution in [2.24, 2.45) is 5.92 Å². The summed E-state index contributed by atoms with van der Waals surface area (Å²) in [6.07, 6.45) is 4.83. The first-order chi connectivity index (χ1) is 25.0. The lowest BCUT2D eigenvalue weighted by Crippen LogP contribution is -2.48. The Morgan fingerprint density at radius 3 is 2.44 bits per heavy atom. The third-order valence-electron chi connectivity index (χ3n) is 8.99. The van der Waals surface area contributed by atoms with Crippen molar-refractivity contribution in [1.29, 1.82) is 0 Å². The number of halogens is 1. The zero-order valence-electron chi connectivity index (χ0n) is 27.8. The van der Waals surface area contributed by atoms with E-state index in [0.717, 1.165) is 11.3 Å². The smallest absolute Gasteiger partial charge is 0.287 e. The highest BCUT2D eigenvalue weighted by Crippen LogP contribution is 2.66. The van der Waals surface area contributed by atoms with E-state index in [-0.39, 0.29) is 35.3 Å². The Morgan fingerprint density at radius 1 is 1.02 bits per heavy atom. The third-order valence-corrected chi connectivity index (χ3v) is 11.3. The lowest BCUT2D eigenvalue weighted by atomic mass is 9.63. The summed E-state index contributed by atoms with van der Waals surface area (Å²) in [6.45, 7) is 2.38. The third kappa shape index (κ3) is 8.76. The van der Waals surface area contributed by atoms with Gasteiger partial charge in [-0.3, -0.25) is 29.5 Å². The molecule has 1 aliphatic heterocycles. The van der Waals surface area contributed by atoms with Crippen molar-refractivity contribution in [1.82, 2.24) is 20.2 Å². The number of nitrogens with one attached hydrogen (secondary N) is 2. The number of nitrogens with zero attached hydrogens (tertiary/aromatic N) is 5. The van der Waals surface area contributed by atoms with Crippen molar-refractivity contribution in [3.05, 3.63) is 118 Å². The van der Waals surface area contributed by atoms with Crippen molar-refractivity contribution >= 4 is 72.1 Å². The number of anilines is 2. The van der Waals surface area contributed by atoms with Crippen LogP contribution in [0.3, 0.4) is 0 Å². The van der Waals surface area contributed by atoms with Gasteiger partial charge in [-0.1, -0.05) is 28.1 Å². The Kier molecular flexibility index (Phi) is 11.5. The fourth-order valence-corrected chi connectivity index (χ4v) is 7.91. The van der Waals surface area contributed by atoms with Crippen LogP contribution >= 0.6 is 21.6 Å². The first-order valence-electron chi connectivity index (χ1n) is 16.4. The van der Waals surface area contributed by atoms with E-state index in [1.807, 2.05) is 17.0 Å². The van der Waals surface area contributed by atoms with Crippen LogP contribution < -0.4 is 15.5 Å². The van der Waals surface area contributed by atoms with Gasteiger partial charge in [0.2, 0.25) is 11.8 Å². The predicted molar refractivity (Wildman–Crippen MR) is 200 cm³/mol. The highest BCUT2D eigenvalue weighted by atomic mass is 33.1. The number of amides is 3. The fraction of sp³-hybridized carbons (Fsp3) is 0.286. The second-order valence-corrected chi connectivity index (χ2v) is 14.8. The minimum atomic E-state index is -1.23. The summed E-state index contributed by atoms with van der Waals surface area (Å²) in [6, 6.07) is 17.9. The zero-order valence-corrected chi connectivity index (χ0v) is 29.4. The molecule has 4 aromatic rings. The Hall–Kier alpha value is -4.89. The number of nitro groups is 1. The van der Waals surface area contributed by atoms with Gasteiger partial charge in [-0.15, -0.1) is 0 Å². The minimum absolute atomic E-state index is 0.0534. The number of hydrogen-bond donors (Lipinski definition) is 2. The van der Waals surface area contributed by atoms with Crippen LogP contribution in [0.5, 0.6) is 0 Å². The van der Waals surface area contributed by atoms with Gasteiger partial charge >= 0.3 is 0 Å². The second kappa shape index (κ2) is 16.2. The molecule has 2 aliphatic rings. The summed E-state index contributed by atoms with van der Waals surface area (Å²) in [5, 5.41) is 15.6. The van der Waals surface area contributed by atoms with Gasteiger partial charge in [-0.2, -0.15) is 0 Å². The molecular weight excluding hydrogens is 703 g/mol. The summed E-state index contributed by atoms with van der Waals surface area (Å²) < 4.78 is 15.0. The molecule has 2 aromatic carbocycles. The number of carbonyl (C=O) groups is 3. The van der Waals surface area contributed by atoms with E-state index in [1.165, 1.54) is 46.0 Å². The molecule has 262 valence electrons. The quantitative estimate of drug-likeness (QED) is 0.0649. The summed E-state index contributed by atoms with van der Waals surface area (Å²) in [7, 11) is 15.2. The second-order valence-electron chi connectivity index (χ2n) is 12.4. The molecule has 2 fully saturated rings. The van der Waals surface area contributed by atoms with Gasteiger partial charge in [-0.05, 0) is 70.8 Å². The number of pyridine rings is 2. The van der Waals surface area contributed by atoms with Crippen LogP contribution in [0.2, 0.25) is 5.21 Å². The van der Waals surface area contributed by atoms with Crippen molar-refractivity contribution in [2.45, 2.75) is 29.1 Å². The molecule has 52 heavy (non-hydrogen) atoms. The van der Waals surface area contributed by atoms with Gasteiger partial charge in [0, 0.05) is 91.8 Å². The van der Waals surface area contributed by atoms with E-state index >= 15 is 0 Å². The van der Waals surface area contributed by atoms with Gasteiger partial charge in [0.05, 0.1) is 20.6 Å². The monoisotopic (exact) mass is 735 g/mol. The van der Waals surface area contributed by atoms with E-state index in [1.54, 1.807) is 48.8 Å². The standard InChI is InChI=1S/C35H32B2FN7O5S2/c36-35(37)31(24-2-1-12-39-19-24)32(35)34(48)42-25-6-3-23(28(38)18-25)20-41-33(47)22-4-7-26(8-5-22)43-13-15-44(16-14-43)30(46)11-17-51-52-29-10-9-27(21-40-29)45(49)50/h1-10,12,18-19,21,31-32H,11,13-17,20H2,(H,41,47)(H,42,48). The van der Waals surface area contributed by atoms with Gasteiger partial charge in [0.25, 0.3) is 11.6 Å². The number of rotatable bonds is 13. The average Bonchev–Trinajstić information content (AvgIpc) is 3.75. The van der Waals surface area contributed by atoms with Crippen LogP contribution in [0.1, 0.15) is 33.8 Å². The molecule has 1 saturated carbocycles. The molecule has 0 spiro atoms. The summed E-state index contributed by atoms with van der Waals surface area (Å²) in [4.78, 5) is 60.9. The first kappa shape index (κ1) is 36.9. The van der Waals surface area contributed by atoms with Crippen molar-refractivity contribution in [3.63, 3.8) is 0 Å². The Morgan fingerprint density at radius 2 is 1.79 bits per heavy atom. The number of benzene rings is 2. The van der Waals surface area contributed by atoms with Crippen LogP contribution in [0.15, 0.2) is 90.3 Å². The number of hydrogen-bond acceptors (Lipinski definition) is 10. The Balaban J connectivity index is 0.912. The maximum absolute atomic E-state index is 15.0. The normalized spacial score (nSPS) is 17.6. The lowest BCUT2D eigenvalue weighted by Gasteiger charge is -2.36. The predicted octanol–water partition coefficient (Wildman–Crippen LogP) is 4.74. The largest absolute Gasteiger partial charge is 0.368 e. The van der Waals surface area contributed by atoms with E-state index in [4.69, 9.17) is 15.7 Å². The van der Waals surface area contributed by atoms with Crippen LogP contribution in [0, 0.1) is 21.8 Å². The Bertz CT molecular complexity index is 1940. The van der Waals surface area contributed by atoms with Crippen molar-refractivity contribution in [3.8, 4) is 0 Å². The molecule has 1 saturated heterocycles. The molecule has 2 unspecified atom stereocenters. The highest BCUT2D eigenvalue weighted by molar-refractivity contribution is 8.76. The summed E-state index contributed by atoms with van der Waals surface area (Å²) in [5.41, 5.74) is 2.53.